The number of nitrogens with two attached hydrogens (primary N) is 1. The Morgan fingerprint density at radius 2 is 1.36 bits per heavy atom. The van der Waals surface area contributed by atoms with E-state index in [9.17, 15) is 39.0 Å². The number of hydrogen-bond donors (Lipinski definition) is 6. The van der Waals surface area contributed by atoms with Gasteiger partial charge in [0.25, 0.3) is 0 Å². The van der Waals surface area contributed by atoms with Crippen molar-refractivity contribution < 1.29 is 43.7 Å². The fraction of sp³-hybridized carbons (Fsp3) is 0.522. The van der Waals surface area contributed by atoms with Gasteiger partial charge in [0.05, 0.1) is 6.04 Å². The van der Waals surface area contributed by atoms with Crippen LogP contribution in [0.1, 0.15) is 106 Å². The van der Waals surface area contributed by atoms with Gasteiger partial charge in [0, 0.05) is 28.5 Å². The maximum Gasteiger partial charge on any atom is 0.330 e. The minimum absolute atomic E-state index is 0.0733. The van der Waals surface area contributed by atoms with Crippen molar-refractivity contribution in [3.8, 4) is 0 Å². The number of urea groups is 1. The molecule has 4 atom stereocenters. The predicted molar refractivity (Wildman–Crippen MR) is 244 cm³/mol. The van der Waals surface area contributed by atoms with E-state index in [2.05, 4.69) is 38.5 Å². The lowest BCUT2D eigenvalue weighted by Gasteiger charge is -2.54. The Labute approximate surface area is 373 Å². The smallest absolute Gasteiger partial charge is 0.330 e. The van der Waals surface area contributed by atoms with E-state index in [0.717, 1.165) is 30.4 Å². The topological polar surface area (TPSA) is 217 Å². The minimum Gasteiger partial charge on any atom is -0.481 e. The molecule has 334 valence electrons. The van der Waals surface area contributed by atoms with Crippen LogP contribution in [0.25, 0.3) is 10.8 Å². The fourth-order valence-corrected chi connectivity index (χ4v) is 7.74. The number of nitrogens with zero attached hydrogens (tertiary/aromatic N) is 1. The van der Waals surface area contributed by atoms with Crippen LogP contribution in [0, 0.1) is 8.99 Å². The average Bonchev–Trinajstić information content (AvgIpc) is 3.14. The molecule has 0 aliphatic heterocycles. The van der Waals surface area contributed by atoms with Crippen molar-refractivity contribution in [2.75, 3.05) is 6.54 Å². The van der Waals surface area contributed by atoms with Gasteiger partial charge in [-0.2, -0.15) is 0 Å². The summed E-state index contributed by atoms with van der Waals surface area (Å²) in [7, 11) is 0. The number of carbonyl (C=O) groups excluding carboxylic acids is 4. The van der Waals surface area contributed by atoms with E-state index in [-0.39, 0.29) is 32.2 Å². The number of halogens is 1. The largest absolute Gasteiger partial charge is 0.481 e. The summed E-state index contributed by atoms with van der Waals surface area (Å²) in [6.45, 7) is 15.1. The quantitative estimate of drug-likeness (QED) is 0.0431. The molecule has 0 fully saturated rings. The van der Waals surface area contributed by atoms with Gasteiger partial charge in [-0.15, -0.1) is 0 Å². The number of carboxylic acids is 2. The van der Waals surface area contributed by atoms with Gasteiger partial charge >= 0.3 is 23.9 Å². The number of amides is 4. The number of nitrogens with one attached hydrogen (secondary N) is 3. The fourth-order valence-electron chi connectivity index (χ4n) is 7.38. The highest BCUT2D eigenvalue weighted by Gasteiger charge is 2.58. The summed E-state index contributed by atoms with van der Waals surface area (Å²) >= 11 is 2.20. The summed E-state index contributed by atoms with van der Waals surface area (Å²) in [5.74, 6) is -4.22. The van der Waals surface area contributed by atoms with Gasteiger partial charge in [0.1, 0.15) is 23.2 Å². The van der Waals surface area contributed by atoms with Crippen LogP contribution in [0.5, 0.6) is 0 Å². The van der Waals surface area contributed by atoms with E-state index in [1.165, 1.54) is 0 Å². The molecule has 0 aliphatic carbocycles. The van der Waals surface area contributed by atoms with Crippen LogP contribution in [-0.4, -0.2) is 92.2 Å². The van der Waals surface area contributed by atoms with E-state index in [1.54, 1.807) is 62.3 Å². The van der Waals surface area contributed by atoms with Crippen molar-refractivity contribution in [3.63, 3.8) is 0 Å². The number of aliphatic carboxylic acids is 2. The SMILES string of the molecule is CC(C)(C)OC(=O)[C@H](CCCCNC(=O)[C@H](Cc1ccc2ccccc2c1)NC(=O)[C@@H](N)Cc1ccc(I)cc1)NC(=O)N(C(C)(C)C)[C@@](CCC(=O)O)(C(=O)O)C(C)(C)C. The van der Waals surface area contributed by atoms with Crippen molar-refractivity contribution in [2.24, 2.45) is 11.1 Å². The van der Waals surface area contributed by atoms with Crippen molar-refractivity contribution >= 4 is 69.1 Å². The molecular formula is C46H64IN5O9. The second kappa shape index (κ2) is 21.3. The Morgan fingerprint density at radius 3 is 1.92 bits per heavy atom. The Bertz CT molecular complexity index is 2020. The zero-order valence-corrected chi connectivity index (χ0v) is 39.1. The minimum atomic E-state index is -1.99. The second-order valence-electron chi connectivity index (χ2n) is 18.5. The molecule has 15 heteroatoms. The number of esters is 1. The highest BCUT2D eigenvalue weighted by molar-refractivity contribution is 14.1. The molecule has 0 aromatic heterocycles. The van der Waals surface area contributed by atoms with Crippen LogP contribution in [0.4, 0.5) is 4.79 Å². The number of rotatable bonds is 19. The van der Waals surface area contributed by atoms with Crippen LogP contribution >= 0.6 is 22.6 Å². The molecule has 14 nitrogen and oxygen atoms in total. The first-order valence-electron chi connectivity index (χ1n) is 20.6. The third-order valence-electron chi connectivity index (χ3n) is 10.4. The number of ether oxygens (including phenoxy) is 1. The molecule has 0 radical (unpaired) electrons. The first kappa shape index (κ1) is 50.6. The molecule has 61 heavy (non-hydrogen) atoms. The molecule has 0 saturated heterocycles. The monoisotopic (exact) mass is 957 g/mol. The van der Waals surface area contributed by atoms with E-state index >= 15 is 0 Å². The van der Waals surface area contributed by atoms with Gasteiger partial charge in [0.2, 0.25) is 11.8 Å². The summed E-state index contributed by atoms with van der Waals surface area (Å²) < 4.78 is 6.72. The number of fused-ring (bicyclic) bond motifs is 1. The zero-order valence-electron chi connectivity index (χ0n) is 36.9. The lowest BCUT2D eigenvalue weighted by atomic mass is 9.68. The molecule has 0 unspecified atom stereocenters. The van der Waals surface area contributed by atoms with Crippen molar-refractivity contribution in [3.05, 3.63) is 81.4 Å². The van der Waals surface area contributed by atoms with Crippen LogP contribution in [-0.2, 0) is 41.6 Å². The maximum absolute atomic E-state index is 14.3. The van der Waals surface area contributed by atoms with Crippen LogP contribution < -0.4 is 21.7 Å². The summed E-state index contributed by atoms with van der Waals surface area (Å²) in [6, 6.07) is 17.4. The molecular weight excluding hydrogens is 893 g/mol. The first-order chi connectivity index (χ1) is 28.2. The molecule has 0 bridgehead atoms. The van der Waals surface area contributed by atoms with Crippen molar-refractivity contribution in [1.82, 2.24) is 20.9 Å². The Hall–Kier alpha value is -4.77. The van der Waals surface area contributed by atoms with Crippen molar-refractivity contribution in [1.29, 1.82) is 0 Å². The molecule has 0 spiro atoms. The van der Waals surface area contributed by atoms with E-state index in [4.69, 9.17) is 10.5 Å². The van der Waals surface area contributed by atoms with Crippen molar-refractivity contribution in [2.45, 2.75) is 142 Å². The molecule has 0 saturated carbocycles. The normalized spacial score (nSPS) is 14.5. The molecule has 4 amide bonds. The molecule has 0 heterocycles. The molecule has 7 N–H and O–H groups in total. The summed E-state index contributed by atoms with van der Waals surface area (Å²) in [6.07, 6.45) is 0.350. The summed E-state index contributed by atoms with van der Waals surface area (Å²) in [4.78, 5) is 81.2. The van der Waals surface area contributed by atoms with E-state index in [1.807, 2.05) is 66.7 Å². The number of carbonyl (C=O) groups is 6. The highest BCUT2D eigenvalue weighted by atomic mass is 127. The third-order valence-corrected chi connectivity index (χ3v) is 11.1. The predicted octanol–water partition coefficient (Wildman–Crippen LogP) is 6.58. The third kappa shape index (κ3) is 14.7. The Kier molecular flexibility index (Phi) is 17.7. The lowest BCUT2D eigenvalue weighted by molar-refractivity contribution is -0.164. The van der Waals surface area contributed by atoms with Crippen LogP contribution in [0.3, 0.4) is 0 Å². The maximum atomic E-state index is 14.3. The average molecular weight is 958 g/mol. The van der Waals surface area contributed by atoms with Crippen LogP contribution in [0.2, 0.25) is 0 Å². The summed E-state index contributed by atoms with van der Waals surface area (Å²) in [5, 5.41) is 30.8. The van der Waals surface area contributed by atoms with E-state index < -0.39 is 82.4 Å². The Morgan fingerprint density at radius 1 is 0.754 bits per heavy atom. The molecule has 3 rings (SSSR count). The number of hydrogen-bond acceptors (Lipinski definition) is 8. The van der Waals surface area contributed by atoms with Gasteiger partial charge in [-0.3, -0.25) is 14.4 Å². The molecule has 0 aliphatic rings. The lowest BCUT2D eigenvalue weighted by Crippen LogP contribution is -2.71. The summed E-state index contributed by atoms with van der Waals surface area (Å²) in [5.41, 5.74) is 2.87. The molecule has 3 aromatic rings. The number of benzene rings is 3. The highest BCUT2D eigenvalue weighted by Crippen LogP contribution is 2.43. The van der Waals surface area contributed by atoms with Gasteiger partial charge < -0.3 is 41.5 Å². The van der Waals surface area contributed by atoms with E-state index in [0.29, 0.717) is 12.8 Å². The first-order valence-corrected chi connectivity index (χ1v) is 21.7. The number of carboxylic acid groups (broad SMARTS) is 2. The number of unbranched alkanes of at least 4 members (excludes halogenated alkanes) is 1. The Balaban J connectivity index is 1.80. The van der Waals surface area contributed by atoms with Gasteiger partial charge in [-0.25, -0.2) is 14.4 Å². The standard InChI is InChI=1S/C46H64IN5O9/c1-43(2,3)46(41(58)59,24-23-37(53)54)52(44(4,5)6)42(60)51-35(40(57)61-45(7,8)9)16-12-13-25-49-39(56)36(28-30-17-20-31-14-10-11-15-32(31)26-30)50-38(55)34(48)27-29-18-21-33(47)22-19-29/h10-11,14-15,17-22,26,34-36H,12-13,16,23-25,27-28,48H2,1-9H3,(H,49,56)(H,50,55)(H,51,60)(H,53,54)(H,58,59)/t34-,35-,36-,46-/m0/s1. The van der Waals surface area contributed by atoms with Gasteiger partial charge in [-0.1, -0.05) is 75.4 Å². The molecule has 3 aromatic carbocycles. The zero-order chi connectivity index (χ0) is 45.9. The van der Waals surface area contributed by atoms with Gasteiger partial charge in [0.15, 0.2) is 0 Å². The van der Waals surface area contributed by atoms with Crippen LogP contribution in [0.15, 0.2) is 66.7 Å². The second-order valence-corrected chi connectivity index (χ2v) is 19.8. The van der Waals surface area contributed by atoms with Gasteiger partial charge in [-0.05, 0) is 136 Å².